The normalized spacial score (nSPS) is 17.0. The van der Waals surface area contributed by atoms with Crippen molar-refractivity contribution in [2.75, 3.05) is 33.7 Å². The maximum atomic E-state index is 12.2. The van der Waals surface area contributed by atoms with E-state index in [1.165, 1.54) is 11.1 Å². The molecule has 0 saturated carbocycles. The fourth-order valence-corrected chi connectivity index (χ4v) is 3.33. The zero-order valence-electron chi connectivity index (χ0n) is 17.9. The van der Waals surface area contributed by atoms with E-state index >= 15 is 0 Å². The molecule has 0 aromatic heterocycles. The largest absolute Gasteiger partial charge is 0.357 e. The lowest BCUT2D eigenvalue weighted by molar-refractivity contribution is -0.133. The van der Waals surface area contributed by atoms with Crippen molar-refractivity contribution in [3.63, 3.8) is 0 Å². The predicted octanol–water partition coefficient (Wildman–Crippen LogP) is 2.68. The Bertz CT molecular complexity index is 647. The number of carbonyl (C=O) groups is 1. The first-order chi connectivity index (χ1) is 12.9. The van der Waals surface area contributed by atoms with Crippen molar-refractivity contribution in [1.82, 2.24) is 20.4 Å². The van der Waals surface area contributed by atoms with Crippen molar-refractivity contribution >= 4 is 35.8 Å². The Balaban J connectivity index is 0.00000392. The van der Waals surface area contributed by atoms with Crippen LogP contribution in [0.15, 0.2) is 29.3 Å². The number of benzene rings is 1. The molecule has 1 aliphatic heterocycles. The summed E-state index contributed by atoms with van der Waals surface area (Å²) in [7, 11) is 4.16. The molecule has 158 valence electrons. The van der Waals surface area contributed by atoms with Crippen molar-refractivity contribution in [1.29, 1.82) is 0 Å². The third-order valence-corrected chi connectivity index (χ3v) is 4.69. The molecule has 1 atom stereocenters. The Labute approximate surface area is 187 Å². The molecule has 1 aromatic carbocycles. The van der Waals surface area contributed by atoms with Crippen LogP contribution >= 0.6 is 24.0 Å². The standard InChI is InChI=1S/C21H35N5O.HI/c1-6-22-21(24-19-11-12-26(15-19)20(27)16(2)3)23-13-17-9-7-8-10-18(17)14-25(4)5;/h7-10,16,19H,6,11-15H2,1-5H3,(H2,22,23,24);1H. The van der Waals surface area contributed by atoms with E-state index in [-0.39, 0.29) is 41.8 Å². The van der Waals surface area contributed by atoms with Crippen LogP contribution in [0, 0.1) is 5.92 Å². The molecule has 0 spiro atoms. The third-order valence-electron chi connectivity index (χ3n) is 4.69. The van der Waals surface area contributed by atoms with E-state index in [4.69, 9.17) is 4.99 Å². The molecule has 28 heavy (non-hydrogen) atoms. The molecular weight excluding hydrogens is 465 g/mol. The van der Waals surface area contributed by atoms with Gasteiger partial charge in [0.05, 0.1) is 6.54 Å². The first-order valence-electron chi connectivity index (χ1n) is 9.95. The summed E-state index contributed by atoms with van der Waals surface area (Å²) in [6.07, 6.45) is 0.958. The number of nitrogens with zero attached hydrogens (tertiary/aromatic N) is 3. The van der Waals surface area contributed by atoms with Crippen LogP contribution in [0.1, 0.15) is 38.3 Å². The third kappa shape index (κ3) is 7.58. The molecule has 7 heteroatoms. The van der Waals surface area contributed by atoms with Gasteiger partial charge < -0.3 is 20.4 Å². The lowest BCUT2D eigenvalue weighted by Gasteiger charge is -2.20. The molecule has 6 nitrogen and oxygen atoms in total. The van der Waals surface area contributed by atoms with Crippen molar-refractivity contribution in [2.45, 2.75) is 46.3 Å². The first-order valence-corrected chi connectivity index (χ1v) is 9.95. The molecule has 1 unspecified atom stereocenters. The van der Waals surface area contributed by atoms with Gasteiger partial charge in [0.2, 0.25) is 5.91 Å². The van der Waals surface area contributed by atoms with Crippen LogP contribution in [0.2, 0.25) is 0 Å². The molecule has 1 aliphatic rings. The fraction of sp³-hybridized carbons (Fsp3) is 0.619. The number of aliphatic imine (C=N–C) groups is 1. The van der Waals surface area contributed by atoms with E-state index in [1.54, 1.807) is 0 Å². The summed E-state index contributed by atoms with van der Waals surface area (Å²) in [6, 6.07) is 8.70. The Morgan fingerprint density at radius 3 is 2.57 bits per heavy atom. The van der Waals surface area contributed by atoms with Crippen molar-refractivity contribution in [3.05, 3.63) is 35.4 Å². The van der Waals surface area contributed by atoms with Crippen LogP contribution in [-0.4, -0.2) is 61.4 Å². The van der Waals surface area contributed by atoms with Gasteiger partial charge in [-0.3, -0.25) is 4.79 Å². The molecule has 0 aliphatic carbocycles. The van der Waals surface area contributed by atoms with Gasteiger partial charge in [-0.25, -0.2) is 4.99 Å². The number of rotatable bonds is 7. The highest BCUT2D eigenvalue weighted by molar-refractivity contribution is 14.0. The lowest BCUT2D eigenvalue weighted by Crippen LogP contribution is -2.45. The summed E-state index contributed by atoms with van der Waals surface area (Å²) in [6.45, 7) is 9.91. The van der Waals surface area contributed by atoms with Gasteiger partial charge in [0.15, 0.2) is 5.96 Å². The number of guanidine groups is 1. The molecular formula is C21H36IN5O. The summed E-state index contributed by atoms with van der Waals surface area (Å²) in [5.41, 5.74) is 2.54. The van der Waals surface area contributed by atoms with E-state index < -0.39 is 0 Å². The van der Waals surface area contributed by atoms with E-state index in [1.807, 2.05) is 18.7 Å². The van der Waals surface area contributed by atoms with Crippen molar-refractivity contribution in [2.24, 2.45) is 10.9 Å². The molecule has 2 rings (SSSR count). The Morgan fingerprint density at radius 2 is 1.96 bits per heavy atom. The average molecular weight is 501 g/mol. The average Bonchev–Trinajstić information content (AvgIpc) is 3.08. The SMILES string of the molecule is CCNC(=NCc1ccccc1CN(C)C)NC1CCN(C(=O)C(C)C)C1.I. The Kier molecular flexibility index (Phi) is 10.8. The van der Waals surface area contributed by atoms with E-state index in [0.717, 1.165) is 38.6 Å². The topological polar surface area (TPSA) is 60.0 Å². The quantitative estimate of drug-likeness (QED) is 0.343. The molecule has 1 amide bonds. The minimum absolute atomic E-state index is 0. The number of hydrogen-bond acceptors (Lipinski definition) is 3. The van der Waals surface area contributed by atoms with Crippen LogP contribution < -0.4 is 10.6 Å². The van der Waals surface area contributed by atoms with Gasteiger partial charge in [0.25, 0.3) is 0 Å². The minimum atomic E-state index is 0. The fourth-order valence-electron chi connectivity index (χ4n) is 3.33. The number of halogens is 1. The van der Waals surface area contributed by atoms with Gasteiger partial charge in [-0.15, -0.1) is 24.0 Å². The van der Waals surface area contributed by atoms with E-state index in [2.05, 4.69) is 60.8 Å². The monoisotopic (exact) mass is 501 g/mol. The molecule has 2 N–H and O–H groups in total. The van der Waals surface area contributed by atoms with Crippen LogP contribution in [0.25, 0.3) is 0 Å². The zero-order chi connectivity index (χ0) is 19.8. The van der Waals surface area contributed by atoms with Gasteiger partial charge >= 0.3 is 0 Å². The second-order valence-corrected chi connectivity index (χ2v) is 7.77. The molecule has 1 aromatic rings. The summed E-state index contributed by atoms with van der Waals surface area (Å²) < 4.78 is 0. The van der Waals surface area contributed by atoms with E-state index in [0.29, 0.717) is 6.54 Å². The maximum absolute atomic E-state index is 12.2. The number of nitrogens with one attached hydrogen (secondary N) is 2. The summed E-state index contributed by atoms with van der Waals surface area (Å²) in [4.78, 5) is 21.1. The number of carbonyl (C=O) groups excluding carboxylic acids is 1. The van der Waals surface area contributed by atoms with Gasteiger partial charge in [-0.05, 0) is 38.6 Å². The molecule has 1 fully saturated rings. The van der Waals surface area contributed by atoms with Crippen LogP contribution in [0.5, 0.6) is 0 Å². The van der Waals surface area contributed by atoms with E-state index in [9.17, 15) is 4.79 Å². The smallest absolute Gasteiger partial charge is 0.225 e. The second kappa shape index (κ2) is 12.3. The predicted molar refractivity (Wildman–Crippen MR) is 127 cm³/mol. The number of amides is 1. The molecule has 0 radical (unpaired) electrons. The van der Waals surface area contributed by atoms with Gasteiger partial charge in [0, 0.05) is 38.1 Å². The van der Waals surface area contributed by atoms with Crippen LogP contribution in [0.3, 0.4) is 0 Å². The molecule has 1 heterocycles. The van der Waals surface area contributed by atoms with Crippen LogP contribution in [-0.2, 0) is 17.9 Å². The number of hydrogen-bond donors (Lipinski definition) is 2. The van der Waals surface area contributed by atoms with Crippen LogP contribution in [0.4, 0.5) is 0 Å². The Hall–Kier alpha value is -1.35. The number of likely N-dealkylation sites (tertiary alicyclic amines) is 1. The highest BCUT2D eigenvalue weighted by atomic mass is 127. The highest BCUT2D eigenvalue weighted by Crippen LogP contribution is 2.14. The summed E-state index contributed by atoms with van der Waals surface area (Å²) in [5.74, 6) is 1.11. The molecule has 1 saturated heterocycles. The molecule has 0 bridgehead atoms. The summed E-state index contributed by atoms with van der Waals surface area (Å²) >= 11 is 0. The Morgan fingerprint density at radius 1 is 1.29 bits per heavy atom. The zero-order valence-corrected chi connectivity index (χ0v) is 20.2. The first kappa shape index (κ1) is 24.7. The second-order valence-electron chi connectivity index (χ2n) is 7.77. The van der Waals surface area contributed by atoms with Gasteiger partial charge in [0.1, 0.15) is 0 Å². The van der Waals surface area contributed by atoms with Crippen molar-refractivity contribution in [3.8, 4) is 0 Å². The minimum Gasteiger partial charge on any atom is -0.357 e. The van der Waals surface area contributed by atoms with Gasteiger partial charge in [-0.2, -0.15) is 0 Å². The summed E-state index contributed by atoms with van der Waals surface area (Å²) in [5, 5.41) is 6.84. The van der Waals surface area contributed by atoms with Gasteiger partial charge in [-0.1, -0.05) is 38.1 Å². The highest BCUT2D eigenvalue weighted by Gasteiger charge is 2.27. The maximum Gasteiger partial charge on any atom is 0.225 e. The van der Waals surface area contributed by atoms with Crippen molar-refractivity contribution < 1.29 is 4.79 Å². The lowest BCUT2D eigenvalue weighted by atomic mass is 10.1.